The molecule has 0 radical (unpaired) electrons. The predicted octanol–water partition coefficient (Wildman–Crippen LogP) is 1.24. The number of hydrogen-bond acceptors (Lipinski definition) is 4. The molecule has 1 aliphatic rings. The fourth-order valence-corrected chi connectivity index (χ4v) is 3.09. The molecular weight excluding hydrogens is 234 g/mol. The topological polar surface area (TPSA) is 70.1 Å². The van der Waals surface area contributed by atoms with Crippen LogP contribution in [0.4, 0.5) is 0 Å². The zero-order valence-corrected chi connectivity index (χ0v) is 10.4. The number of hydrogen-bond donors (Lipinski definition) is 1. The van der Waals surface area contributed by atoms with Crippen LogP contribution in [0.3, 0.4) is 0 Å². The molecule has 1 aliphatic heterocycles. The van der Waals surface area contributed by atoms with E-state index in [1.54, 1.807) is 11.3 Å². The van der Waals surface area contributed by atoms with Gasteiger partial charge in [-0.15, -0.1) is 11.3 Å². The number of amides is 1. The first-order valence-electron chi connectivity index (χ1n) is 5.73. The van der Waals surface area contributed by atoms with Crippen molar-refractivity contribution in [2.45, 2.75) is 25.8 Å². The molecule has 17 heavy (non-hydrogen) atoms. The minimum Gasteiger partial charge on any atom is -0.337 e. The fourth-order valence-electron chi connectivity index (χ4n) is 2.05. The molecule has 0 unspecified atom stereocenters. The molecule has 1 aromatic rings. The molecule has 0 spiro atoms. The summed E-state index contributed by atoms with van der Waals surface area (Å²) in [5.41, 5.74) is 7.32. The number of thiophene rings is 1. The van der Waals surface area contributed by atoms with Gasteiger partial charge in [-0.3, -0.25) is 4.79 Å². The van der Waals surface area contributed by atoms with Crippen LogP contribution in [0.25, 0.3) is 0 Å². The average molecular weight is 249 g/mol. The lowest BCUT2D eigenvalue weighted by molar-refractivity contribution is -0.132. The van der Waals surface area contributed by atoms with Crippen LogP contribution in [0, 0.1) is 11.3 Å². The van der Waals surface area contributed by atoms with Crippen LogP contribution in [0.15, 0.2) is 5.38 Å². The Morgan fingerprint density at radius 1 is 1.65 bits per heavy atom. The molecule has 0 aromatic carbocycles. The highest BCUT2D eigenvalue weighted by atomic mass is 32.1. The molecule has 0 atom stereocenters. The van der Waals surface area contributed by atoms with Gasteiger partial charge in [-0.05, 0) is 24.9 Å². The Bertz CT molecular complexity index is 461. The third-order valence-corrected chi connectivity index (χ3v) is 4.03. The van der Waals surface area contributed by atoms with Crippen LogP contribution >= 0.6 is 11.3 Å². The number of carbonyl (C=O) groups is 1. The Balaban J connectivity index is 2.04. The molecule has 0 aliphatic carbocycles. The molecule has 5 heteroatoms. The minimum atomic E-state index is 0.174. The van der Waals surface area contributed by atoms with Gasteiger partial charge in [0.1, 0.15) is 6.07 Å². The second kappa shape index (κ2) is 5.30. The zero-order chi connectivity index (χ0) is 12.3. The number of rotatable bonds is 3. The normalized spacial score (nSPS) is 14.2. The zero-order valence-electron chi connectivity index (χ0n) is 9.61. The summed E-state index contributed by atoms with van der Waals surface area (Å²) in [6, 6.07) is 2.20. The maximum Gasteiger partial charge on any atom is 0.222 e. The van der Waals surface area contributed by atoms with Gasteiger partial charge in [0, 0.05) is 23.2 Å². The maximum atomic E-state index is 11.9. The lowest BCUT2D eigenvalue weighted by atomic mass is 10.0. The monoisotopic (exact) mass is 249 g/mol. The van der Waals surface area contributed by atoms with E-state index in [1.807, 2.05) is 10.3 Å². The van der Waals surface area contributed by atoms with E-state index in [0.29, 0.717) is 19.5 Å². The Morgan fingerprint density at radius 3 is 3.18 bits per heavy atom. The van der Waals surface area contributed by atoms with E-state index in [0.717, 1.165) is 35.4 Å². The Hall–Kier alpha value is -1.38. The Morgan fingerprint density at radius 2 is 2.47 bits per heavy atom. The van der Waals surface area contributed by atoms with E-state index in [4.69, 9.17) is 11.0 Å². The molecule has 0 bridgehead atoms. The van der Waals surface area contributed by atoms with Crippen LogP contribution in [-0.2, 0) is 17.8 Å². The van der Waals surface area contributed by atoms with Crippen molar-refractivity contribution in [3.05, 3.63) is 21.4 Å². The van der Waals surface area contributed by atoms with Gasteiger partial charge in [-0.2, -0.15) is 5.26 Å². The van der Waals surface area contributed by atoms with Crippen molar-refractivity contribution >= 4 is 17.2 Å². The van der Waals surface area contributed by atoms with Crippen LogP contribution < -0.4 is 5.73 Å². The number of nitriles is 1. The van der Waals surface area contributed by atoms with Crippen molar-refractivity contribution < 1.29 is 4.79 Å². The average Bonchev–Trinajstić information content (AvgIpc) is 2.77. The van der Waals surface area contributed by atoms with Crippen LogP contribution in [0.1, 0.15) is 28.8 Å². The number of nitrogens with two attached hydrogens (primary N) is 1. The standard InChI is InChI=1S/C12H15N3OS/c13-4-1-2-12(16)15-5-3-10-9(6-14)8-17-11(10)7-15/h8H,1-5,7,13H2. The highest BCUT2D eigenvalue weighted by Crippen LogP contribution is 2.28. The molecule has 0 saturated carbocycles. The van der Waals surface area contributed by atoms with Gasteiger partial charge in [0.2, 0.25) is 5.91 Å². The second-order valence-electron chi connectivity index (χ2n) is 4.12. The molecule has 90 valence electrons. The third kappa shape index (κ3) is 2.48. The first-order valence-corrected chi connectivity index (χ1v) is 6.61. The minimum absolute atomic E-state index is 0.174. The van der Waals surface area contributed by atoms with Crippen LogP contribution in [0.5, 0.6) is 0 Å². The van der Waals surface area contributed by atoms with Gasteiger partial charge in [0.25, 0.3) is 0 Å². The van der Waals surface area contributed by atoms with Crippen LogP contribution in [0.2, 0.25) is 0 Å². The number of carbonyl (C=O) groups excluding carboxylic acids is 1. The molecule has 0 fully saturated rings. The molecule has 4 nitrogen and oxygen atoms in total. The number of nitrogens with zero attached hydrogens (tertiary/aromatic N) is 2. The van der Waals surface area contributed by atoms with Gasteiger partial charge < -0.3 is 10.6 Å². The third-order valence-electron chi connectivity index (χ3n) is 3.01. The van der Waals surface area contributed by atoms with E-state index < -0.39 is 0 Å². The largest absolute Gasteiger partial charge is 0.337 e. The van der Waals surface area contributed by atoms with Gasteiger partial charge in [0.05, 0.1) is 12.1 Å². The summed E-state index contributed by atoms with van der Waals surface area (Å²) in [4.78, 5) is 14.9. The highest BCUT2D eigenvalue weighted by molar-refractivity contribution is 7.10. The molecule has 1 aromatic heterocycles. The van der Waals surface area contributed by atoms with Gasteiger partial charge in [-0.1, -0.05) is 0 Å². The van der Waals surface area contributed by atoms with Crippen molar-refractivity contribution in [2.24, 2.45) is 5.73 Å². The van der Waals surface area contributed by atoms with Gasteiger partial charge >= 0.3 is 0 Å². The predicted molar refractivity (Wildman–Crippen MR) is 66.4 cm³/mol. The van der Waals surface area contributed by atoms with E-state index in [9.17, 15) is 4.79 Å². The van der Waals surface area contributed by atoms with E-state index in [2.05, 4.69) is 6.07 Å². The molecule has 1 amide bonds. The van der Waals surface area contributed by atoms with Gasteiger partial charge in [0.15, 0.2) is 0 Å². The van der Waals surface area contributed by atoms with Crippen molar-refractivity contribution in [2.75, 3.05) is 13.1 Å². The molecule has 2 rings (SSSR count). The smallest absolute Gasteiger partial charge is 0.222 e. The van der Waals surface area contributed by atoms with Crippen molar-refractivity contribution in [1.29, 1.82) is 5.26 Å². The molecule has 0 saturated heterocycles. The van der Waals surface area contributed by atoms with E-state index in [1.165, 1.54) is 0 Å². The summed E-state index contributed by atoms with van der Waals surface area (Å²) in [6.07, 6.45) is 2.08. The summed E-state index contributed by atoms with van der Waals surface area (Å²) in [5, 5.41) is 10.8. The lowest BCUT2D eigenvalue weighted by Gasteiger charge is -2.27. The van der Waals surface area contributed by atoms with E-state index in [-0.39, 0.29) is 5.91 Å². The van der Waals surface area contributed by atoms with E-state index >= 15 is 0 Å². The fraction of sp³-hybridized carbons (Fsp3) is 0.500. The molecule has 2 heterocycles. The quantitative estimate of drug-likeness (QED) is 0.876. The second-order valence-corrected chi connectivity index (χ2v) is 5.08. The SMILES string of the molecule is N#Cc1csc2c1CCN(C(=O)CCCN)C2. The summed E-state index contributed by atoms with van der Waals surface area (Å²) < 4.78 is 0. The van der Waals surface area contributed by atoms with Crippen molar-refractivity contribution in [3.63, 3.8) is 0 Å². The maximum absolute atomic E-state index is 11.9. The summed E-state index contributed by atoms with van der Waals surface area (Å²) in [5.74, 6) is 0.174. The Labute approximate surface area is 105 Å². The first kappa shape index (κ1) is 12.1. The summed E-state index contributed by atoms with van der Waals surface area (Å²) in [6.45, 7) is 1.94. The lowest BCUT2D eigenvalue weighted by Crippen LogP contribution is -2.35. The molecular formula is C12H15N3OS. The van der Waals surface area contributed by atoms with Crippen LogP contribution in [-0.4, -0.2) is 23.9 Å². The van der Waals surface area contributed by atoms with Crippen molar-refractivity contribution in [1.82, 2.24) is 4.90 Å². The van der Waals surface area contributed by atoms with Crippen molar-refractivity contribution in [3.8, 4) is 6.07 Å². The molecule has 2 N–H and O–H groups in total. The number of fused-ring (bicyclic) bond motifs is 1. The highest BCUT2D eigenvalue weighted by Gasteiger charge is 2.23. The Kier molecular flexibility index (Phi) is 3.77. The summed E-state index contributed by atoms with van der Waals surface area (Å²) in [7, 11) is 0. The van der Waals surface area contributed by atoms with Gasteiger partial charge in [-0.25, -0.2) is 0 Å². The summed E-state index contributed by atoms with van der Waals surface area (Å²) >= 11 is 1.58. The first-order chi connectivity index (χ1) is 8.26.